The lowest BCUT2D eigenvalue weighted by atomic mass is 10.1. The van der Waals surface area contributed by atoms with E-state index < -0.39 is 5.97 Å². The molecule has 0 atom stereocenters. The van der Waals surface area contributed by atoms with Gasteiger partial charge in [0.15, 0.2) is 0 Å². The number of benzene rings is 1. The number of methoxy groups -OCH3 is 2. The van der Waals surface area contributed by atoms with Gasteiger partial charge in [0.1, 0.15) is 5.75 Å². The lowest BCUT2D eigenvalue weighted by molar-refractivity contribution is 0.0600. The number of hydrogen-bond acceptors (Lipinski definition) is 3. The van der Waals surface area contributed by atoms with E-state index in [0.29, 0.717) is 16.9 Å². The normalized spacial score (nSPS) is 9.46. The summed E-state index contributed by atoms with van der Waals surface area (Å²) in [6.07, 6.45) is 0. The molecule has 0 aliphatic heterocycles. The minimum absolute atomic E-state index is 0.399. The van der Waals surface area contributed by atoms with Crippen LogP contribution in [0.5, 0.6) is 5.75 Å². The maximum absolute atomic E-state index is 11.2. The second-order valence-corrected chi connectivity index (χ2v) is 2.48. The van der Waals surface area contributed by atoms with Crippen molar-refractivity contribution in [3.05, 3.63) is 36.2 Å². The fraction of sp³-hybridized carbons (Fsp3) is 0.200. The van der Waals surface area contributed by atoms with Crippen molar-refractivity contribution in [3.8, 4) is 5.75 Å². The van der Waals surface area contributed by atoms with E-state index in [4.69, 9.17) is 4.74 Å². The zero-order chi connectivity index (χ0) is 9.84. The van der Waals surface area contributed by atoms with Crippen LogP contribution in [0.4, 0.5) is 0 Å². The molecule has 0 bridgehead atoms. The van der Waals surface area contributed by atoms with Gasteiger partial charge >= 0.3 is 5.97 Å². The Kier molecular flexibility index (Phi) is 2.90. The topological polar surface area (TPSA) is 35.5 Å². The average Bonchev–Trinajstić information content (AvgIpc) is 2.17. The van der Waals surface area contributed by atoms with Crippen LogP contribution in [-0.2, 0) is 4.74 Å². The Balaban J connectivity index is 3.15. The first kappa shape index (κ1) is 9.58. The molecule has 0 aliphatic rings. The molecule has 0 N–H and O–H groups in total. The van der Waals surface area contributed by atoms with Gasteiger partial charge in [-0.3, -0.25) is 0 Å². The molecule has 1 aromatic rings. The highest BCUT2D eigenvalue weighted by Crippen LogP contribution is 2.21. The summed E-state index contributed by atoms with van der Waals surface area (Å²) >= 11 is 0. The van der Waals surface area contributed by atoms with E-state index in [0.717, 1.165) is 0 Å². The maximum atomic E-state index is 11.2. The second kappa shape index (κ2) is 3.94. The summed E-state index contributed by atoms with van der Waals surface area (Å²) in [4.78, 5) is 11.2. The quantitative estimate of drug-likeness (QED) is 0.648. The summed E-state index contributed by atoms with van der Waals surface area (Å²) in [5, 5.41) is 0. The minimum Gasteiger partial charge on any atom is -0.496 e. The van der Waals surface area contributed by atoms with E-state index in [1.165, 1.54) is 14.2 Å². The Hall–Kier alpha value is -1.51. The first-order valence-corrected chi connectivity index (χ1v) is 3.78. The smallest absolute Gasteiger partial charge is 0.338 e. The van der Waals surface area contributed by atoms with E-state index in [-0.39, 0.29) is 0 Å². The first-order chi connectivity index (χ1) is 6.20. The van der Waals surface area contributed by atoms with E-state index in [1.54, 1.807) is 18.2 Å². The molecule has 0 saturated carbocycles. The van der Waals surface area contributed by atoms with Gasteiger partial charge in [-0.1, -0.05) is 6.07 Å². The summed E-state index contributed by atoms with van der Waals surface area (Å²) < 4.78 is 9.59. The largest absolute Gasteiger partial charge is 0.496 e. The van der Waals surface area contributed by atoms with Crippen LogP contribution in [0, 0.1) is 6.92 Å². The molecule has 0 aromatic heterocycles. The molecule has 3 nitrogen and oxygen atoms in total. The molecule has 0 aliphatic carbocycles. The van der Waals surface area contributed by atoms with Crippen molar-refractivity contribution in [1.29, 1.82) is 0 Å². The van der Waals surface area contributed by atoms with Gasteiger partial charge in [-0.15, -0.1) is 0 Å². The molecule has 0 fully saturated rings. The third-order valence-electron chi connectivity index (χ3n) is 1.76. The number of carbonyl (C=O) groups is 1. The van der Waals surface area contributed by atoms with Crippen LogP contribution in [0.15, 0.2) is 18.2 Å². The fourth-order valence-corrected chi connectivity index (χ4v) is 1.06. The molecular weight excluding hydrogens is 168 g/mol. The molecule has 0 amide bonds. The molecule has 0 unspecified atom stereocenters. The van der Waals surface area contributed by atoms with Crippen molar-refractivity contribution in [2.45, 2.75) is 0 Å². The van der Waals surface area contributed by atoms with Crippen LogP contribution in [0.1, 0.15) is 15.9 Å². The van der Waals surface area contributed by atoms with Crippen molar-refractivity contribution in [1.82, 2.24) is 0 Å². The number of rotatable bonds is 2. The Morgan fingerprint density at radius 3 is 2.62 bits per heavy atom. The molecular formula is C10H11O3. The van der Waals surface area contributed by atoms with Crippen molar-refractivity contribution < 1.29 is 14.3 Å². The highest BCUT2D eigenvalue weighted by Gasteiger charge is 2.11. The highest BCUT2D eigenvalue weighted by molar-refractivity contribution is 5.92. The SMILES string of the molecule is [CH2]c1c(OC)cccc1C(=O)OC. The Labute approximate surface area is 77.3 Å². The van der Waals surface area contributed by atoms with Crippen LogP contribution >= 0.6 is 0 Å². The molecule has 0 spiro atoms. The van der Waals surface area contributed by atoms with Gasteiger partial charge in [0.05, 0.1) is 19.8 Å². The fourth-order valence-electron chi connectivity index (χ4n) is 1.06. The van der Waals surface area contributed by atoms with Crippen LogP contribution in [0.25, 0.3) is 0 Å². The van der Waals surface area contributed by atoms with Crippen molar-refractivity contribution in [3.63, 3.8) is 0 Å². The Morgan fingerprint density at radius 2 is 2.08 bits per heavy atom. The summed E-state index contributed by atoms with van der Waals surface area (Å²) in [6, 6.07) is 5.12. The van der Waals surface area contributed by atoms with Gasteiger partial charge in [0.2, 0.25) is 0 Å². The standard InChI is InChI=1S/C10H11O3/c1-7-8(10(11)13-3)5-4-6-9(7)12-2/h4-6H,1H2,2-3H3. The van der Waals surface area contributed by atoms with Gasteiger partial charge in [0.25, 0.3) is 0 Å². The molecule has 3 heteroatoms. The minimum atomic E-state index is -0.399. The first-order valence-electron chi connectivity index (χ1n) is 3.78. The molecule has 0 saturated heterocycles. The van der Waals surface area contributed by atoms with Crippen molar-refractivity contribution in [2.24, 2.45) is 0 Å². The number of esters is 1. The van der Waals surface area contributed by atoms with Crippen LogP contribution in [0.3, 0.4) is 0 Å². The Morgan fingerprint density at radius 1 is 1.38 bits per heavy atom. The lowest BCUT2D eigenvalue weighted by Crippen LogP contribution is -2.04. The molecule has 1 aromatic carbocycles. The summed E-state index contributed by atoms with van der Waals surface area (Å²) in [5.74, 6) is 0.187. The van der Waals surface area contributed by atoms with Crippen LogP contribution < -0.4 is 4.74 Å². The average molecular weight is 179 g/mol. The number of carbonyl (C=O) groups excluding carboxylic acids is 1. The third kappa shape index (κ3) is 1.80. The highest BCUT2D eigenvalue weighted by atomic mass is 16.5. The van der Waals surface area contributed by atoms with E-state index in [2.05, 4.69) is 11.7 Å². The van der Waals surface area contributed by atoms with Gasteiger partial charge in [-0.25, -0.2) is 4.79 Å². The zero-order valence-electron chi connectivity index (χ0n) is 7.66. The van der Waals surface area contributed by atoms with Gasteiger partial charge in [-0.2, -0.15) is 0 Å². The van der Waals surface area contributed by atoms with E-state index >= 15 is 0 Å². The summed E-state index contributed by atoms with van der Waals surface area (Å²) in [7, 11) is 2.87. The van der Waals surface area contributed by atoms with Crippen molar-refractivity contribution >= 4 is 5.97 Å². The lowest BCUT2D eigenvalue weighted by Gasteiger charge is -2.07. The monoisotopic (exact) mass is 179 g/mol. The van der Waals surface area contributed by atoms with Crippen molar-refractivity contribution in [2.75, 3.05) is 14.2 Å². The molecule has 69 valence electrons. The molecule has 1 radical (unpaired) electrons. The third-order valence-corrected chi connectivity index (χ3v) is 1.76. The molecule has 0 heterocycles. The van der Waals surface area contributed by atoms with Gasteiger partial charge in [-0.05, 0) is 19.1 Å². The number of ether oxygens (including phenoxy) is 2. The zero-order valence-corrected chi connectivity index (χ0v) is 7.66. The predicted molar refractivity (Wildman–Crippen MR) is 48.8 cm³/mol. The van der Waals surface area contributed by atoms with Gasteiger partial charge < -0.3 is 9.47 Å². The molecule has 13 heavy (non-hydrogen) atoms. The second-order valence-electron chi connectivity index (χ2n) is 2.48. The summed E-state index contributed by atoms with van der Waals surface area (Å²) in [6.45, 7) is 3.73. The van der Waals surface area contributed by atoms with Crippen LogP contribution in [-0.4, -0.2) is 20.2 Å². The summed E-state index contributed by atoms with van der Waals surface area (Å²) in [5.41, 5.74) is 0.985. The van der Waals surface area contributed by atoms with E-state index in [1.807, 2.05) is 0 Å². The maximum Gasteiger partial charge on any atom is 0.338 e. The van der Waals surface area contributed by atoms with Gasteiger partial charge in [0, 0.05) is 5.56 Å². The predicted octanol–water partition coefficient (Wildman–Crippen LogP) is 1.66. The molecule has 1 rings (SSSR count). The van der Waals surface area contributed by atoms with E-state index in [9.17, 15) is 4.79 Å². The number of hydrogen-bond donors (Lipinski definition) is 0. The van der Waals surface area contributed by atoms with Crippen LogP contribution in [0.2, 0.25) is 0 Å². The Bertz CT molecular complexity index is 318.